The van der Waals surface area contributed by atoms with E-state index in [-0.39, 0.29) is 0 Å². The van der Waals surface area contributed by atoms with Gasteiger partial charge in [0.1, 0.15) is 0 Å². The number of nitrogens with zero attached hydrogens (tertiary/aromatic N) is 1. The molecular formula is C42H29N. The number of aromatic nitrogens is 1. The van der Waals surface area contributed by atoms with Crippen molar-refractivity contribution in [3.05, 3.63) is 164 Å². The van der Waals surface area contributed by atoms with Gasteiger partial charge in [-0.15, -0.1) is 0 Å². The number of aryl methyl sites for hydroxylation is 1. The lowest BCUT2D eigenvalue weighted by atomic mass is 9.85. The molecule has 0 fully saturated rings. The minimum Gasteiger partial charge on any atom is -0.264 e. The summed E-state index contributed by atoms with van der Waals surface area (Å²) >= 11 is 0. The number of pyridine rings is 1. The average molecular weight is 548 g/mol. The molecule has 43 heavy (non-hydrogen) atoms. The molecule has 1 nitrogen and oxygen atoms in total. The Kier molecular flexibility index (Phi) is 6.09. The first-order valence-corrected chi connectivity index (χ1v) is 14.8. The van der Waals surface area contributed by atoms with E-state index in [0.29, 0.717) is 0 Å². The van der Waals surface area contributed by atoms with Gasteiger partial charge in [0.25, 0.3) is 0 Å². The average Bonchev–Trinajstić information content (AvgIpc) is 3.07. The fraction of sp³-hybridized carbons (Fsp3) is 0.0238. The van der Waals surface area contributed by atoms with Gasteiger partial charge in [-0.25, -0.2) is 0 Å². The summed E-state index contributed by atoms with van der Waals surface area (Å²) in [5, 5.41) is 7.57. The highest BCUT2D eigenvalue weighted by Crippen LogP contribution is 2.44. The van der Waals surface area contributed by atoms with Crippen LogP contribution in [-0.2, 0) is 0 Å². The zero-order chi connectivity index (χ0) is 28.8. The highest BCUT2D eigenvalue weighted by Gasteiger charge is 2.16. The highest BCUT2D eigenvalue weighted by molar-refractivity contribution is 6.21. The minimum atomic E-state index is 1.14. The maximum absolute atomic E-state index is 4.41. The molecule has 0 aliphatic carbocycles. The molecule has 1 heteroatoms. The van der Waals surface area contributed by atoms with E-state index in [1.165, 1.54) is 71.3 Å². The molecule has 0 aliphatic heterocycles. The highest BCUT2D eigenvalue weighted by atomic mass is 14.6. The number of rotatable bonds is 4. The molecule has 1 heterocycles. The Labute approximate surface area is 251 Å². The molecule has 8 aromatic rings. The maximum Gasteiger partial charge on any atom is 0.0346 e. The van der Waals surface area contributed by atoms with Gasteiger partial charge in [-0.1, -0.05) is 121 Å². The van der Waals surface area contributed by atoms with Gasteiger partial charge < -0.3 is 0 Å². The van der Waals surface area contributed by atoms with Crippen molar-refractivity contribution < 1.29 is 0 Å². The van der Waals surface area contributed by atoms with E-state index in [9.17, 15) is 0 Å². The van der Waals surface area contributed by atoms with Crippen molar-refractivity contribution in [2.45, 2.75) is 6.92 Å². The van der Waals surface area contributed by atoms with Crippen molar-refractivity contribution in [1.82, 2.24) is 4.98 Å². The lowest BCUT2D eigenvalue weighted by Gasteiger charge is -2.18. The van der Waals surface area contributed by atoms with Gasteiger partial charge in [0.05, 0.1) is 0 Å². The monoisotopic (exact) mass is 547 g/mol. The van der Waals surface area contributed by atoms with Crippen LogP contribution in [0, 0.1) is 6.92 Å². The molecule has 1 aromatic heterocycles. The second-order valence-corrected chi connectivity index (χ2v) is 11.3. The summed E-state index contributed by atoms with van der Waals surface area (Å²) in [5.41, 5.74) is 11.0. The molecule has 0 atom stereocenters. The third-order valence-electron chi connectivity index (χ3n) is 8.53. The smallest absolute Gasteiger partial charge is 0.0346 e. The molecule has 7 aromatic carbocycles. The summed E-state index contributed by atoms with van der Waals surface area (Å²) in [4.78, 5) is 4.41. The Balaban J connectivity index is 1.31. The SMILES string of the molecule is Cc1cncc(-c2cccc(-c3ccc4ccc(-c5c6ccccc6c(-c6ccccc6)c6ccccc56)cc4c3)c2)c1. The summed E-state index contributed by atoms with van der Waals surface area (Å²) in [6.45, 7) is 2.09. The zero-order valence-electron chi connectivity index (χ0n) is 24.0. The van der Waals surface area contributed by atoms with Crippen LogP contribution in [0.2, 0.25) is 0 Å². The van der Waals surface area contributed by atoms with Crippen LogP contribution in [0.25, 0.3) is 76.8 Å². The van der Waals surface area contributed by atoms with E-state index in [0.717, 1.165) is 11.1 Å². The van der Waals surface area contributed by atoms with Crippen molar-refractivity contribution in [2.75, 3.05) is 0 Å². The van der Waals surface area contributed by atoms with Gasteiger partial charge in [0.2, 0.25) is 0 Å². The Morgan fingerprint density at radius 3 is 1.51 bits per heavy atom. The molecule has 0 spiro atoms. The summed E-state index contributed by atoms with van der Waals surface area (Å²) < 4.78 is 0. The van der Waals surface area contributed by atoms with Crippen LogP contribution in [0.1, 0.15) is 5.56 Å². The van der Waals surface area contributed by atoms with E-state index in [2.05, 4.69) is 158 Å². The van der Waals surface area contributed by atoms with Crippen LogP contribution in [0.4, 0.5) is 0 Å². The molecule has 0 N–H and O–H groups in total. The van der Waals surface area contributed by atoms with Gasteiger partial charge in [-0.05, 0) is 108 Å². The predicted octanol–water partition coefficient (Wildman–Crippen LogP) is 11.5. The Morgan fingerprint density at radius 1 is 0.349 bits per heavy atom. The van der Waals surface area contributed by atoms with E-state index in [1.54, 1.807) is 0 Å². The van der Waals surface area contributed by atoms with Crippen LogP contribution in [-0.4, -0.2) is 4.98 Å². The van der Waals surface area contributed by atoms with Crippen molar-refractivity contribution in [3.8, 4) is 44.5 Å². The van der Waals surface area contributed by atoms with E-state index < -0.39 is 0 Å². The number of hydrogen-bond acceptors (Lipinski definition) is 1. The largest absolute Gasteiger partial charge is 0.264 e. The Morgan fingerprint density at radius 2 is 0.860 bits per heavy atom. The summed E-state index contributed by atoms with van der Waals surface area (Å²) in [5.74, 6) is 0. The van der Waals surface area contributed by atoms with Crippen molar-refractivity contribution in [3.63, 3.8) is 0 Å². The first kappa shape index (κ1) is 25.2. The summed E-state index contributed by atoms with van der Waals surface area (Å²) in [7, 11) is 0. The van der Waals surface area contributed by atoms with E-state index >= 15 is 0 Å². The third kappa shape index (κ3) is 4.47. The topological polar surface area (TPSA) is 12.9 Å². The van der Waals surface area contributed by atoms with Crippen LogP contribution in [0.3, 0.4) is 0 Å². The predicted molar refractivity (Wildman–Crippen MR) is 183 cm³/mol. The fourth-order valence-electron chi connectivity index (χ4n) is 6.53. The van der Waals surface area contributed by atoms with Crippen molar-refractivity contribution in [1.29, 1.82) is 0 Å². The lowest BCUT2D eigenvalue weighted by Crippen LogP contribution is -1.91. The van der Waals surface area contributed by atoms with Crippen LogP contribution >= 0.6 is 0 Å². The molecule has 0 amide bonds. The van der Waals surface area contributed by atoms with Crippen molar-refractivity contribution >= 4 is 32.3 Å². The van der Waals surface area contributed by atoms with Crippen molar-refractivity contribution in [2.24, 2.45) is 0 Å². The lowest BCUT2D eigenvalue weighted by molar-refractivity contribution is 1.27. The quantitative estimate of drug-likeness (QED) is 0.200. The first-order chi connectivity index (χ1) is 21.2. The van der Waals surface area contributed by atoms with Crippen LogP contribution in [0.15, 0.2) is 158 Å². The number of benzene rings is 7. The first-order valence-electron chi connectivity index (χ1n) is 14.8. The minimum absolute atomic E-state index is 1.14. The summed E-state index contributed by atoms with van der Waals surface area (Å²) in [6.07, 6.45) is 3.84. The molecule has 202 valence electrons. The van der Waals surface area contributed by atoms with Gasteiger partial charge in [0, 0.05) is 18.0 Å². The molecule has 8 rings (SSSR count). The van der Waals surface area contributed by atoms with Gasteiger partial charge in [0.15, 0.2) is 0 Å². The zero-order valence-corrected chi connectivity index (χ0v) is 24.0. The fourth-order valence-corrected chi connectivity index (χ4v) is 6.53. The Bertz CT molecular complexity index is 2240. The van der Waals surface area contributed by atoms with Gasteiger partial charge >= 0.3 is 0 Å². The normalized spacial score (nSPS) is 11.4. The molecule has 0 saturated heterocycles. The van der Waals surface area contributed by atoms with Gasteiger partial charge in [-0.3, -0.25) is 4.98 Å². The molecular weight excluding hydrogens is 518 g/mol. The molecule has 0 bridgehead atoms. The maximum atomic E-state index is 4.41. The molecule has 0 aliphatic rings. The van der Waals surface area contributed by atoms with E-state index in [1.807, 2.05) is 12.4 Å². The number of hydrogen-bond donors (Lipinski definition) is 0. The third-order valence-corrected chi connectivity index (χ3v) is 8.53. The van der Waals surface area contributed by atoms with Crippen LogP contribution < -0.4 is 0 Å². The van der Waals surface area contributed by atoms with E-state index in [4.69, 9.17) is 0 Å². The second kappa shape index (κ2) is 10.4. The van der Waals surface area contributed by atoms with Gasteiger partial charge in [-0.2, -0.15) is 0 Å². The molecule has 0 radical (unpaired) electrons. The molecule has 0 unspecified atom stereocenters. The van der Waals surface area contributed by atoms with Crippen LogP contribution in [0.5, 0.6) is 0 Å². The number of fused-ring (bicyclic) bond motifs is 3. The molecule has 0 saturated carbocycles. The Hall–Kier alpha value is -5.53. The summed E-state index contributed by atoms with van der Waals surface area (Å²) in [6, 6.07) is 53.1. The standard InChI is InChI=1S/C42H29N/c1-28-22-36(27-43-26-28)32-13-9-12-31(23-32)33-20-18-29-19-21-34(25-35(29)24-33)42-39-16-7-5-14-37(39)41(30-10-3-2-4-11-30)38-15-6-8-17-40(38)42/h2-27H,1H3. The second-order valence-electron chi connectivity index (χ2n) is 11.3.